The van der Waals surface area contributed by atoms with E-state index >= 15 is 0 Å². The number of aromatic nitrogens is 2. The lowest BCUT2D eigenvalue weighted by molar-refractivity contribution is 0.0320. The Labute approximate surface area is 161 Å². The van der Waals surface area contributed by atoms with Gasteiger partial charge >= 0.3 is 5.97 Å². The van der Waals surface area contributed by atoms with E-state index in [0.717, 1.165) is 10.4 Å². The largest absolute Gasteiger partial charge is 0.451 e. The summed E-state index contributed by atoms with van der Waals surface area (Å²) in [6.07, 6.45) is -0.757. The van der Waals surface area contributed by atoms with Gasteiger partial charge in [0.15, 0.2) is 11.9 Å². The first kappa shape index (κ1) is 17.6. The Morgan fingerprint density at radius 2 is 2.00 bits per heavy atom. The maximum absolute atomic E-state index is 13.0. The standard InChI is InChI=1S/C19H13FN2O3S2/c1-10(25-19(24)11-4-6-12(20)7-5-11)16-21-17(23)15-13(9-27-18(15)22-16)14-3-2-8-26-14/h2-10H,1H3,(H,21,22,23)/t10-/m0/s1. The molecule has 4 aromatic rings. The first-order chi connectivity index (χ1) is 13.0. The van der Waals surface area contributed by atoms with Crippen LogP contribution in [0.5, 0.6) is 0 Å². The maximum Gasteiger partial charge on any atom is 0.338 e. The van der Waals surface area contributed by atoms with Gasteiger partial charge in [-0.2, -0.15) is 0 Å². The van der Waals surface area contributed by atoms with Gasteiger partial charge in [0.25, 0.3) is 5.56 Å². The number of carbonyl (C=O) groups is 1. The Kier molecular flexibility index (Phi) is 4.59. The molecule has 0 aliphatic heterocycles. The van der Waals surface area contributed by atoms with Crippen LogP contribution in [0, 0.1) is 5.82 Å². The lowest BCUT2D eigenvalue weighted by Gasteiger charge is -2.12. The number of thiophene rings is 2. The summed E-state index contributed by atoms with van der Waals surface area (Å²) in [6, 6.07) is 8.94. The molecule has 0 unspecified atom stereocenters. The molecule has 5 nitrogen and oxygen atoms in total. The van der Waals surface area contributed by atoms with Gasteiger partial charge < -0.3 is 9.72 Å². The van der Waals surface area contributed by atoms with Crippen LogP contribution in [0.25, 0.3) is 20.7 Å². The van der Waals surface area contributed by atoms with Gasteiger partial charge in [-0.1, -0.05) is 6.07 Å². The third-order valence-electron chi connectivity index (χ3n) is 4.00. The van der Waals surface area contributed by atoms with Crippen molar-refractivity contribution in [3.05, 3.63) is 74.7 Å². The van der Waals surface area contributed by atoms with Crippen LogP contribution in [0.1, 0.15) is 29.2 Å². The van der Waals surface area contributed by atoms with Crippen molar-refractivity contribution in [1.82, 2.24) is 9.97 Å². The fourth-order valence-electron chi connectivity index (χ4n) is 2.64. The Bertz CT molecular complexity index is 1160. The number of rotatable bonds is 4. The highest BCUT2D eigenvalue weighted by atomic mass is 32.1. The van der Waals surface area contributed by atoms with Crippen LogP contribution < -0.4 is 5.56 Å². The first-order valence-electron chi connectivity index (χ1n) is 8.05. The summed E-state index contributed by atoms with van der Waals surface area (Å²) in [5, 5.41) is 4.38. The zero-order valence-corrected chi connectivity index (χ0v) is 15.7. The fraction of sp³-hybridized carbons (Fsp3) is 0.105. The van der Waals surface area contributed by atoms with Crippen LogP contribution in [0.4, 0.5) is 4.39 Å². The summed E-state index contributed by atoms with van der Waals surface area (Å²) in [6.45, 7) is 1.62. The molecule has 4 rings (SSSR count). The first-order valence-corrected chi connectivity index (χ1v) is 9.80. The van der Waals surface area contributed by atoms with Gasteiger partial charge in [0.2, 0.25) is 0 Å². The second kappa shape index (κ2) is 7.05. The van der Waals surface area contributed by atoms with Crippen molar-refractivity contribution in [2.24, 2.45) is 0 Å². The van der Waals surface area contributed by atoms with Crippen LogP contribution in [0.15, 0.2) is 52.0 Å². The number of hydrogen-bond donors (Lipinski definition) is 1. The van der Waals surface area contributed by atoms with Crippen molar-refractivity contribution >= 4 is 38.9 Å². The normalized spacial score (nSPS) is 12.2. The lowest BCUT2D eigenvalue weighted by Crippen LogP contribution is -2.17. The van der Waals surface area contributed by atoms with Gasteiger partial charge in [-0.15, -0.1) is 22.7 Å². The average molecular weight is 400 g/mol. The van der Waals surface area contributed by atoms with Gasteiger partial charge in [0.05, 0.1) is 10.9 Å². The number of nitrogens with zero attached hydrogens (tertiary/aromatic N) is 1. The number of hydrogen-bond acceptors (Lipinski definition) is 6. The number of esters is 1. The Morgan fingerprint density at radius 1 is 1.22 bits per heavy atom. The molecular formula is C19H13FN2O3S2. The number of benzene rings is 1. The predicted octanol–water partition coefficient (Wildman–Crippen LogP) is 4.77. The molecule has 1 N–H and O–H groups in total. The Hall–Kier alpha value is -2.84. The summed E-state index contributed by atoms with van der Waals surface area (Å²) in [5.74, 6) is -0.784. The van der Waals surface area contributed by atoms with E-state index in [1.165, 1.54) is 35.6 Å². The number of halogens is 1. The molecule has 1 atom stereocenters. The molecule has 1 aromatic carbocycles. The van der Waals surface area contributed by atoms with E-state index in [0.29, 0.717) is 10.2 Å². The van der Waals surface area contributed by atoms with Gasteiger partial charge in [0.1, 0.15) is 10.6 Å². The zero-order chi connectivity index (χ0) is 19.0. The summed E-state index contributed by atoms with van der Waals surface area (Å²) < 4.78 is 18.3. The molecule has 0 bridgehead atoms. The second-order valence-corrected chi connectivity index (χ2v) is 7.62. The zero-order valence-electron chi connectivity index (χ0n) is 14.1. The maximum atomic E-state index is 13.0. The number of H-pyrrole nitrogens is 1. The van der Waals surface area contributed by atoms with E-state index < -0.39 is 17.9 Å². The highest BCUT2D eigenvalue weighted by Crippen LogP contribution is 2.33. The highest BCUT2D eigenvalue weighted by molar-refractivity contribution is 7.18. The van der Waals surface area contributed by atoms with Crippen molar-refractivity contribution in [3.8, 4) is 10.4 Å². The van der Waals surface area contributed by atoms with Crippen molar-refractivity contribution < 1.29 is 13.9 Å². The molecule has 3 heterocycles. The molecule has 0 saturated carbocycles. The fourth-order valence-corrected chi connectivity index (χ4v) is 4.41. The topological polar surface area (TPSA) is 72.0 Å². The number of nitrogens with one attached hydrogen (secondary N) is 1. The van der Waals surface area contributed by atoms with Gasteiger partial charge in [-0.05, 0) is 42.6 Å². The minimum Gasteiger partial charge on any atom is -0.451 e. The van der Waals surface area contributed by atoms with E-state index in [1.807, 2.05) is 22.9 Å². The number of ether oxygens (including phenoxy) is 1. The van der Waals surface area contributed by atoms with Gasteiger partial charge in [-0.3, -0.25) is 4.79 Å². The predicted molar refractivity (Wildman–Crippen MR) is 104 cm³/mol. The van der Waals surface area contributed by atoms with E-state index in [1.54, 1.807) is 18.3 Å². The number of aromatic amines is 1. The molecule has 0 amide bonds. The van der Waals surface area contributed by atoms with Crippen molar-refractivity contribution in [1.29, 1.82) is 0 Å². The molecule has 3 aromatic heterocycles. The molecule has 0 aliphatic carbocycles. The van der Waals surface area contributed by atoms with E-state index in [9.17, 15) is 14.0 Å². The van der Waals surface area contributed by atoms with Crippen molar-refractivity contribution in [2.75, 3.05) is 0 Å². The van der Waals surface area contributed by atoms with Crippen LogP contribution in [0.2, 0.25) is 0 Å². The third kappa shape index (κ3) is 3.41. The minimum atomic E-state index is -0.757. The number of fused-ring (bicyclic) bond motifs is 1. The van der Waals surface area contributed by atoms with Crippen LogP contribution in [0.3, 0.4) is 0 Å². The van der Waals surface area contributed by atoms with Crippen molar-refractivity contribution in [2.45, 2.75) is 13.0 Å². The molecule has 8 heteroatoms. The molecule has 0 aliphatic rings. The lowest BCUT2D eigenvalue weighted by atomic mass is 10.2. The van der Waals surface area contributed by atoms with Crippen LogP contribution in [-0.4, -0.2) is 15.9 Å². The molecular weight excluding hydrogens is 387 g/mol. The van der Waals surface area contributed by atoms with Crippen LogP contribution >= 0.6 is 22.7 Å². The van der Waals surface area contributed by atoms with Crippen molar-refractivity contribution in [3.63, 3.8) is 0 Å². The smallest absolute Gasteiger partial charge is 0.338 e. The van der Waals surface area contributed by atoms with Crippen LogP contribution in [-0.2, 0) is 4.74 Å². The quantitative estimate of drug-likeness (QED) is 0.501. The minimum absolute atomic E-state index is 0.225. The van der Waals surface area contributed by atoms with E-state index in [-0.39, 0.29) is 16.9 Å². The molecule has 0 fully saturated rings. The summed E-state index contributed by atoms with van der Waals surface area (Å²) >= 11 is 2.92. The van der Waals surface area contributed by atoms with E-state index in [2.05, 4.69) is 9.97 Å². The van der Waals surface area contributed by atoms with Gasteiger partial charge in [-0.25, -0.2) is 14.2 Å². The average Bonchev–Trinajstić information content (AvgIpc) is 3.31. The SMILES string of the molecule is C[C@H](OC(=O)c1ccc(F)cc1)c1nc2scc(-c3cccs3)c2c(=O)[nH]1. The Morgan fingerprint density at radius 3 is 2.70 bits per heavy atom. The highest BCUT2D eigenvalue weighted by Gasteiger charge is 2.19. The monoisotopic (exact) mass is 400 g/mol. The molecule has 27 heavy (non-hydrogen) atoms. The third-order valence-corrected chi connectivity index (χ3v) is 5.77. The summed E-state index contributed by atoms with van der Waals surface area (Å²) in [7, 11) is 0. The number of carbonyl (C=O) groups excluding carboxylic acids is 1. The Balaban J connectivity index is 1.63. The molecule has 0 radical (unpaired) electrons. The molecule has 136 valence electrons. The molecule has 0 saturated heterocycles. The molecule has 0 spiro atoms. The summed E-state index contributed by atoms with van der Waals surface area (Å²) in [5.41, 5.74) is 0.799. The summed E-state index contributed by atoms with van der Waals surface area (Å²) in [4.78, 5) is 33.5. The van der Waals surface area contributed by atoms with Gasteiger partial charge in [0, 0.05) is 15.8 Å². The second-order valence-electron chi connectivity index (χ2n) is 5.81. The van der Waals surface area contributed by atoms with E-state index in [4.69, 9.17) is 4.74 Å².